The smallest absolute Gasteiger partial charge is 0.339 e. The average Bonchev–Trinajstić information content (AvgIpc) is 3.05. The van der Waals surface area contributed by atoms with Gasteiger partial charge < -0.3 is 4.74 Å². The predicted molar refractivity (Wildman–Crippen MR) is 106 cm³/mol. The largest absolute Gasteiger partial charge is 0.453 e. The Labute approximate surface area is 163 Å². The highest BCUT2D eigenvalue weighted by Gasteiger charge is 2.32. The number of benzene rings is 3. The molecule has 1 unspecified atom stereocenters. The van der Waals surface area contributed by atoms with Gasteiger partial charge >= 0.3 is 5.97 Å². The molecule has 0 saturated heterocycles. The Kier molecular flexibility index (Phi) is 6.12. The Balaban J connectivity index is 0.000000211. The van der Waals surface area contributed by atoms with Crippen LogP contribution in [0.2, 0.25) is 0 Å². The highest BCUT2D eigenvalue weighted by molar-refractivity contribution is 5.99. The maximum Gasteiger partial charge on any atom is 0.339 e. The number of cyclic esters (lactones) is 1. The van der Waals surface area contributed by atoms with Crippen LogP contribution in [0, 0.1) is 0 Å². The first-order valence-corrected chi connectivity index (χ1v) is 9.00. The van der Waals surface area contributed by atoms with Gasteiger partial charge in [0.25, 0.3) is 0 Å². The van der Waals surface area contributed by atoms with Crippen LogP contribution in [0.4, 0.5) is 0 Å². The fraction of sp³-hybridized carbons (Fsp3) is 0.125. The Morgan fingerprint density at radius 3 is 1.89 bits per heavy atom. The van der Waals surface area contributed by atoms with Crippen LogP contribution in [0.1, 0.15) is 56.1 Å². The molecule has 28 heavy (non-hydrogen) atoms. The van der Waals surface area contributed by atoms with Gasteiger partial charge in [0.1, 0.15) is 6.10 Å². The molecule has 3 aromatic carbocycles. The summed E-state index contributed by atoms with van der Waals surface area (Å²) in [5.41, 5.74) is 2.78. The molecule has 0 aromatic heterocycles. The molecule has 0 saturated carbocycles. The maximum atomic E-state index is 12.1. The van der Waals surface area contributed by atoms with Crippen molar-refractivity contribution in [2.24, 2.45) is 0 Å². The van der Waals surface area contributed by atoms with Crippen molar-refractivity contribution in [1.29, 1.82) is 0 Å². The SMILES string of the molecule is CC(=O)c1ccccc1.O=C(CC1OC(=O)c2ccccc21)c1ccccc1. The number of hydrogen-bond acceptors (Lipinski definition) is 4. The number of fused-ring (bicyclic) bond motifs is 1. The number of carbonyl (C=O) groups excluding carboxylic acids is 3. The van der Waals surface area contributed by atoms with Gasteiger partial charge in [-0.2, -0.15) is 0 Å². The van der Waals surface area contributed by atoms with Crippen LogP contribution < -0.4 is 0 Å². The second-order valence-corrected chi connectivity index (χ2v) is 6.40. The zero-order valence-electron chi connectivity index (χ0n) is 15.5. The van der Waals surface area contributed by atoms with E-state index >= 15 is 0 Å². The van der Waals surface area contributed by atoms with Gasteiger partial charge in [-0.15, -0.1) is 0 Å². The first-order valence-electron chi connectivity index (χ1n) is 9.00. The van der Waals surface area contributed by atoms with Gasteiger partial charge in [0.05, 0.1) is 12.0 Å². The molecule has 1 heterocycles. The van der Waals surface area contributed by atoms with Crippen LogP contribution in [-0.2, 0) is 4.74 Å². The van der Waals surface area contributed by atoms with E-state index in [0.29, 0.717) is 11.1 Å². The molecule has 0 bridgehead atoms. The summed E-state index contributed by atoms with van der Waals surface area (Å²) < 4.78 is 5.26. The molecular formula is C24H20O4. The lowest BCUT2D eigenvalue weighted by molar-refractivity contribution is 0.0367. The summed E-state index contributed by atoms with van der Waals surface area (Å²) >= 11 is 0. The molecule has 0 radical (unpaired) electrons. The van der Waals surface area contributed by atoms with Crippen molar-refractivity contribution in [3.05, 3.63) is 107 Å². The van der Waals surface area contributed by atoms with E-state index in [4.69, 9.17) is 4.74 Å². The van der Waals surface area contributed by atoms with Gasteiger partial charge in [-0.1, -0.05) is 78.9 Å². The van der Waals surface area contributed by atoms with E-state index in [1.54, 1.807) is 31.2 Å². The van der Waals surface area contributed by atoms with Crippen LogP contribution in [0.15, 0.2) is 84.9 Å². The zero-order chi connectivity index (χ0) is 19.9. The molecule has 1 atom stereocenters. The first kappa shape index (κ1) is 19.2. The van der Waals surface area contributed by atoms with E-state index in [-0.39, 0.29) is 24.0 Å². The van der Waals surface area contributed by atoms with Crippen molar-refractivity contribution in [2.45, 2.75) is 19.4 Å². The Bertz CT molecular complexity index is 978. The lowest BCUT2D eigenvalue weighted by atomic mass is 9.99. The molecule has 4 nitrogen and oxygen atoms in total. The van der Waals surface area contributed by atoms with Gasteiger partial charge in [0.2, 0.25) is 0 Å². The van der Waals surface area contributed by atoms with Crippen LogP contribution in [0.25, 0.3) is 0 Å². The summed E-state index contributed by atoms with van der Waals surface area (Å²) in [6.45, 7) is 1.56. The van der Waals surface area contributed by atoms with E-state index in [2.05, 4.69) is 0 Å². The topological polar surface area (TPSA) is 60.4 Å². The summed E-state index contributed by atoms with van der Waals surface area (Å²) in [5, 5.41) is 0. The van der Waals surface area contributed by atoms with Crippen molar-refractivity contribution in [2.75, 3.05) is 0 Å². The molecule has 1 aliphatic heterocycles. The highest BCUT2D eigenvalue weighted by Crippen LogP contribution is 2.33. The van der Waals surface area contributed by atoms with Gasteiger partial charge in [0.15, 0.2) is 11.6 Å². The standard InChI is InChI=1S/C16H12O3.C8H8O/c17-14(11-6-2-1-3-7-11)10-15-12-8-4-5-9-13(12)16(18)19-15;1-7(9)8-5-3-2-4-6-8/h1-9,15H,10H2;2-6H,1H3. The molecule has 4 rings (SSSR count). The fourth-order valence-electron chi connectivity index (χ4n) is 2.95. The van der Waals surface area contributed by atoms with Crippen molar-refractivity contribution < 1.29 is 19.1 Å². The Morgan fingerprint density at radius 1 is 0.786 bits per heavy atom. The molecule has 140 valence electrons. The summed E-state index contributed by atoms with van der Waals surface area (Å²) in [6, 6.07) is 25.5. The molecular weight excluding hydrogens is 352 g/mol. The van der Waals surface area contributed by atoms with Crippen molar-refractivity contribution in [3.8, 4) is 0 Å². The minimum Gasteiger partial charge on any atom is -0.453 e. The summed E-state index contributed by atoms with van der Waals surface area (Å²) in [6.07, 6.45) is -0.274. The molecule has 0 aliphatic carbocycles. The number of rotatable bonds is 4. The number of hydrogen-bond donors (Lipinski definition) is 0. The minimum atomic E-state index is -0.462. The maximum absolute atomic E-state index is 12.1. The van der Waals surface area contributed by atoms with E-state index in [9.17, 15) is 14.4 Å². The highest BCUT2D eigenvalue weighted by atomic mass is 16.5. The Hall–Kier alpha value is -3.53. The predicted octanol–water partition coefficient (Wildman–Crippen LogP) is 5.06. The number of ketones is 2. The number of Topliss-reactive ketones (excluding diaryl/α,β-unsaturated/α-hetero) is 2. The molecule has 3 aromatic rings. The van der Waals surface area contributed by atoms with Crippen molar-refractivity contribution in [3.63, 3.8) is 0 Å². The van der Waals surface area contributed by atoms with Gasteiger partial charge in [-0.25, -0.2) is 4.79 Å². The number of carbonyl (C=O) groups is 3. The second kappa shape index (κ2) is 8.91. The minimum absolute atomic E-state index is 0.0184. The number of ether oxygens (including phenoxy) is 1. The van der Waals surface area contributed by atoms with E-state index in [1.165, 1.54) is 0 Å². The van der Waals surface area contributed by atoms with Gasteiger partial charge in [0, 0.05) is 16.7 Å². The van der Waals surface area contributed by atoms with Crippen LogP contribution in [0.3, 0.4) is 0 Å². The van der Waals surface area contributed by atoms with Gasteiger partial charge in [-0.3, -0.25) is 9.59 Å². The molecule has 1 aliphatic rings. The van der Waals surface area contributed by atoms with Crippen molar-refractivity contribution in [1.82, 2.24) is 0 Å². The third-order valence-corrected chi connectivity index (χ3v) is 4.42. The lowest BCUT2D eigenvalue weighted by Gasteiger charge is -2.09. The van der Waals surface area contributed by atoms with Crippen LogP contribution >= 0.6 is 0 Å². The lowest BCUT2D eigenvalue weighted by Crippen LogP contribution is -2.07. The van der Waals surface area contributed by atoms with Crippen LogP contribution in [-0.4, -0.2) is 17.5 Å². The summed E-state index contributed by atoms with van der Waals surface area (Å²) in [5.74, 6) is -0.243. The fourth-order valence-corrected chi connectivity index (χ4v) is 2.95. The molecule has 0 N–H and O–H groups in total. The summed E-state index contributed by atoms with van der Waals surface area (Å²) in [7, 11) is 0. The average molecular weight is 372 g/mol. The molecule has 0 spiro atoms. The molecule has 0 fully saturated rings. The monoisotopic (exact) mass is 372 g/mol. The third-order valence-electron chi connectivity index (χ3n) is 4.42. The normalized spacial score (nSPS) is 14.3. The Morgan fingerprint density at radius 2 is 1.32 bits per heavy atom. The van der Waals surface area contributed by atoms with E-state index in [0.717, 1.165) is 11.1 Å². The number of esters is 1. The van der Waals surface area contributed by atoms with E-state index in [1.807, 2.05) is 60.7 Å². The zero-order valence-corrected chi connectivity index (χ0v) is 15.5. The molecule has 4 heteroatoms. The third kappa shape index (κ3) is 4.60. The van der Waals surface area contributed by atoms with Crippen molar-refractivity contribution >= 4 is 17.5 Å². The quantitative estimate of drug-likeness (QED) is 0.474. The first-order chi connectivity index (χ1) is 13.6. The molecule has 0 amide bonds. The summed E-state index contributed by atoms with van der Waals surface area (Å²) in [4.78, 5) is 34.4. The van der Waals surface area contributed by atoms with Gasteiger partial charge in [-0.05, 0) is 13.0 Å². The second-order valence-electron chi connectivity index (χ2n) is 6.40. The van der Waals surface area contributed by atoms with Crippen LogP contribution in [0.5, 0.6) is 0 Å². The van der Waals surface area contributed by atoms with E-state index < -0.39 is 6.10 Å².